The van der Waals surface area contributed by atoms with Gasteiger partial charge in [-0.05, 0) is 69.5 Å². The van der Waals surface area contributed by atoms with E-state index in [1.165, 1.54) is 23.8 Å². The molecule has 11 nitrogen and oxygen atoms in total. The van der Waals surface area contributed by atoms with Crippen molar-refractivity contribution in [3.05, 3.63) is 58.4 Å². The zero-order valence-corrected chi connectivity index (χ0v) is 26.5. The fourth-order valence-electron chi connectivity index (χ4n) is 7.24. The lowest BCUT2D eigenvalue weighted by molar-refractivity contribution is -0.0399. The molecule has 13 heteroatoms. The molecule has 0 radical (unpaired) electrons. The molecule has 1 atom stereocenters. The molecular weight excluding hydrogens is 601 g/mol. The minimum Gasteiger partial charge on any atom is -0.490 e. The van der Waals surface area contributed by atoms with Gasteiger partial charge in [0.05, 0.1) is 30.5 Å². The maximum absolute atomic E-state index is 14.3. The van der Waals surface area contributed by atoms with Gasteiger partial charge in [0.25, 0.3) is 11.8 Å². The number of halogens is 2. The van der Waals surface area contributed by atoms with Gasteiger partial charge in [0.2, 0.25) is 5.28 Å². The van der Waals surface area contributed by atoms with E-state index in [2.05, 4.69) is 30.0 Å². The first-order valence-corrected chi connectivity index (χ1v) is 16.0. The molecule has 238 valence electrons. The minimum atomic E-state index is -0.533. The maximum Gasteiger partial charge on any atom is 0.282 e. The summed E-state index contributed by atoms with van der Waals surface area (Å²) in [5.74, 6) is 0.773. The van der Waals surface area contributed by atoms with E-state index in [0.717, 1.165) is 63.5 Å². The summed E-state index contributed by atoms with van der Waals surface area (Å²) in [7, 11) is 0. The Morgan fingerprint density at radius 2 is 2.02 bits per heavy atom. The summed E-state index contributed by atoms with van der Waals surface area (Å²) in [5, 5.41) is 8.04. The van der Waals surface area contributed by atoms with Crippen LogP contribution in [0.2, 0.25) is 5.28 Å². The Balaban J connectivity index is 1.04. The molecule has 3 aliphatic heterocycles. The largest absolute Gasteiger partial charge is 0.490 e. The number of morpholine rings is 1. The van der Waals surface area contributed by atoms with E-state index in [0.29, 0.717) is 19.0 Å². The van der Waals surface area contributed by atoms with Crippen LogP contribution in [0.3, 0.4) is 0 Å². The topological polar surface area (TPSA) is 106 Å². The lowest BCUT2D eigenvalue weighted by atomic mass is 9.61. The first-order valence-electron chi connectivity index (χ1n) is 15.6. The summed E-state index contributed by atoms with van der Waals surface area (Å²) >= 11 is 6.17. The Bertz CT molecular complexity index is 1600. The minimum absolute atomic E-state index is 0.0105. The first kappa shape index (κ1) is 30.1. The molecule has 7 rings (SSSR count). The number of aromatic nitrogens is 4. The standard InChI is InChI=1S/C32H37ClFN7O4/c1-4-41(19(2)3)30(42)22-13-20(34)5-6-25(22)45-29-28(36-31(33)38-37-29)40-17-32(18-40)14-21(15-32)44-26-7-9-35-23-8-10-39-11-12-43-16-24(39)27(23)26/h5-7,9,13,19,21,24H,4,8,10-12,14-18H2,1-3H3. The number of ether oxygens (including phenoxy) is 3. The Labute approximate surface area is 266 Å². The van der Waals surface area contributed by atoms with E-state index in [9.17, 15) is 9.18 Å². The van der Waals surface area contributed by atoms with Gasteiger partial charge in [0.1, 0.15) is 23.4 Å². The predicted molar refractivity (Wildman–Crippen MR) is 165 cm³/mol. The van der Waals surface area contributed by atoms with Crippen molar-refractivity contribution < 1.29 is 23.4 Å². The number of amides is 1. The summed E-state index contributed by atoms with van der Waals surface area (Å²) in [6, 6.07) is 5.98. The van der Waals surface area contributed by atoms with Gasteiger partial charge in [-0.25, -0.2) is 4.39 Å². The van der Waals surface area contributed by atoms with E-state index in [4.69, 9.17) is 25.8 Å². The third kappa shape index (κ3) is 5.68. The van der Waals surface area contributed by atoms with Crippen molar-refractivity contribution >= 4 is 23.3 Å². The highest BCUT2D eigenvalue weighted by Gasteiger charge is 2.55. The monoisotopic (exact) mass is 637 g/mol. The number of benzene rings is 1. The molecule has 1 amide bonds. The van der Waals surface area contributed by atoms with Crippen LogP contribution >= 0.6 is 11.6 Å². The van der Waals surface area contributed by atoms with Gasteiger partial charge in [0, 0.05) is 62.4 Å². The normalized spacial score (nSPS) is 20.7. The van der Waals surface area contributed by atoms with Gasteiger partial charge < -0.3 is 24.0 Å². The molecule has 45 heavy (non-hydrogen) atoms. The van der Waals surface area contributed by atoms with E-state index in [1.54, 1.807) is 4.90 Å². The van der Waals surface area contributed by atoms with Crippen LogP contribution in [0.4, 0.5) is 10.2 Å². The molecule has 5 heterocycles. The van der Waals surface area contributed by atoms with E-state index >= 15 is 0 Å². The summed E-state index contributed by atoms with van der Waals surface area (Å²) in [4.78, 5) is 28.6. The van der Waals surface area contributed by atoms with Crippen molar-refractivity contribution in [1.82, 2.24) is 30.0 Å². The zero-order valence-electron chi connectivity index (χ0n) is 25.7. The van der Waals surface area contributed by atoms with Crippen molar-refractivity contribution in [2.75, 3.05) is 50.8 Å². The fourth-order valence-corrected chi connectivity index (χ4v) is 7.36. The molecule has 3 fully saturated rings. The van der Waals surface area contributed by atoms with Crippen molar-refractivity contribution in [1.29, 1.82) is 0 Å². The van der Waals surface area contributed by atoms with E-state index in [1.807, 2.05) is 33.0 Å². The van der Waals surface area contributed by atoms with Gasteiger partial charge >= 0.3 is 0 Å². The second-order valence-electron chi connectivity index (χ2n) is 12.7. The molecule has 1 unspecified atom stereocenters. The van der Waals surface area contributed by atoms with E-state index in [-0.39, 0.29) is 52.0 Å². The Morgan fingerprint density at radius 1 is 1.20 bits per heavy atom. The quantitative estimate of drug-likeness (QED) is 0.345. The number of fused-ring (bicyclic) bond motifs is 3. The highest BCUT2D eigenvalue weighted by molar-refractivity contribution is 6.28. The highest BCUT2D eigenvalue weighted by Crippen LogP contribution is 2.52. The Kier molecular flexibility index (Phi) is 7.99. The Morgan fingerprint density at radius 3 is 2.80 bits per heavy atom. The number of anilines is 1. The third-order valence-corrected chi connectivity index (χ3v) is 9.58. The molecule has 1 saturated carbocycles. The lowest BCUT2D eigenvalue weighted by Gasteiger charge is -2.58. The van der Waals surface area contributed by atoms with Crippen LogP contribution in [0.15, 0.2) is 30.5 Å². The molecule has 0 N–H and O–H groups in total. The van der Waals surface area contributed by atoms with Gasteiger partial charge in [-0.1, -0.05) is 0 Å². The molecule has 2 aromatic heterocycles. The van der Waals surface area contributed by atoms with Crippen LogP contribution in [0.5, 0.6) is 17.4 Å². The number of rotatable bonds is 8. The van der Waals surface area contributed by atoms with Crippen molar-refractivity contribution in [2.45, 2.75) is 58.2 Å². The highest BCUT2D eigenvalue weighted by atomic mass is 35.5. The van der Waals surface area contributed by atoms with Crippen LogP contribution in [-0.2, 0) is 11.2 Å². The number of nitrogens with zero attached hydrogens (tertiary/aromatic N) is 7. The van der Waals surface area contributed by atoms with Crippen molar-refractivity contribution in [3.8, 4) is 17.4 Å². The summed E-state index contributed by atoms with van der Waals surface area (Å²) < 4.78 is 32.8. The third-order valence-electron chi connectivity index (χ3n) is 9.42. The summed E-state index contributed by atoms with van der Waals surface area (Å²) in [5.41, 5.74) is 2.48. The first-order chi connectivity index (χ1) is 21.7. The summed E-state index contributed by atoms with van der Waals surface area (Å²) in [6.45, 7) is 11.0. The zero-order chi connectivity index (χ0) is 31.3. The molecule has 2 saturated heterocycles. The van der Waals surface area contributed by atoms with Gasteiger partial charge in [-0.2, -0.15) is 4.98 Å². The van der Waals surface area contributed by atoms with Crippen molar-refractivity contribution in [3.63, 3.8) is 0 Å². The number of pyridine rings is 1. The molecule has 4 aliphatic rings. The summed E-state index contributed by atoms with van der Waals surface area (Å²) in [6.07, 6.45) is 4.70. The second kappa shape index (κ2) is 12.0. The predicted octanol–water partition coefficient (Wildman–Crippen LogP) is 4.70. The smallest absolute Gasteiger partial charge is 0.282 e. The number of hydrogen-bond donors (Lipinski definition) is 0. The molecule has 1 spiro atoms. The molecular formula is C32H37ClFN7O4. The molecule has 3 aromatic rings. The lowest BCUT2D eigenvalue weighted by Crippen LogP contribution is -2.65. The van der Waals surface area contributed by atoms with Gasteiger partial charge in [-0.15, -0.1) is 10.2 Å². The number of carbonyl (C=O) groups excluding carboxylic acids is 1. The molecule has 1 aromatic carbocycles. The van der Waals surface area contributed by atoms with Gasteiger partial charge in [0.15, 0.2) is 5.82 Å². The Hall–Kier alpha value is -3.61. The second-order valence-corrected chi connectivity index (χ2v) is 13.0. The average molecular weight is 638 g/mol. The van der Waals surface area contributed by atoms with Crippen molar-refractivity contribution in [2.24, 2.45) is 5.41 Å². The molecule has 0 bridgehead atoms. The van der Waals surface area contributed by atoms with Crippen LogP contribution < -0.4 is 14.4 Å². The number of hydrogen-bond acceptors (Lipinski definition) is 10. The fraction of sp³-hybridized carbons (Fsp3) is 0.531. The SMILES string of the molecule is CCN(C(=O)c1cc(F)ccc1Oc1nnc(Cl)nc1N1CC2(CC(Oc3ccnc4c3C3COCCN3CC4)C2)C1)C(C)C. The number of carbonyl (C=O) groups is 1. The van der Waals surface area contributed by atoms with Crippen LogP contribution in [0.25, 0.3) is 0 Å². The average Bonchev–Trinajstić information content (AvgIpc) is 2.99. The van der Waals surface area contributed by atoms with Crippen LogP contribution in [0, 0.1) is 11.2 Å². The van der Waals surface area contributed by atoms with Crippen LogP contribution in [-0.4, -0.2) is 94.0 Å². The molecule has 1 aliphatic carbocycles. The maximum atomic E-state index is 14.3. The van der Waals surface area contributed by atoms with E-state index < -0.39 is 5.82 Å². The van der Waals surface area contributed by atoms with Gasteiger partial charge in [-0.3, -0.25) is 14.7 Å². The van der Waals surface area contributed by atoms with Crippen LogP contribution in [0.1, 0.15) is 61.3 Å².